The van der Waals surface area contributed by atoms with Gasteiger partial charge in [-0.3, -0.25) is 4.79 Å². The van der Waals surface area contributed by atoms with E-state index in [-0.39, 0.29) is 16.5 Å². The van der Waals surface area contributed by atoms with Crippen LogP contribution in [0.5, 0.6) is 0 Å². The second-order valence-corrected chi connectivity index (χ2v) is 2.37. The van der Waals surface area contributed by atoms with Crippen molar-refractivity contribution in [3.8, 4) is 0 Å². The molecule has 0 unspecified atom stereocenters. The van der Waals surface area contributed by atoms with Gasteiger partial charge in [0.2, 0.25) is 5.91 Å². The van der Waals surface area contributed by atoms with Crippen LogP contribution in [0, 0.1) is 30.6 Å². The summed E-state index contributed by atoms with van der Waals surface area (Å²) < 4.78 is 0. The molecule has 0 bridgehead atoms. The van der Waals surface area contributed by atoms with E-state index in [1.165, 1.54) is 0 Å². The van der Waals surface area contributed by atoms with Crippen LogP contribution in [0.4, 0.5) is 0 Å². The molecular formula is C5H9N3NiO7. The Balaban J connectivity index is -0.000000166. The number of rotatable bonds is 0. The summed E-state index contributed by atoms with van der Waals surface area (Å²) in [6.45, 7) is 0.957. The standard InChI is InChI=1S/C5H9NO.2NO3.Ni/c1-6-4-2-3-5(6)7;2*2-1(3)4;/h2-4H2,1H3;;;/q;2*-1;+2. The summed E-state index contributed by atoms with van der Waals surface area (Å²) in [6, 6.07) is 0. The molecule has 1 aliphatic heterocycles. The number of amides is 1. The number of carbonyl (C=O) groups excluding carboxylic acids is 1. The average Bonchev–Trinajstić information content (AvgIpc) is 2.33. The van der Waals surface area contributed by atoms with Gasteiger partial charge in [-0.2, -0.15) is 0 Å². The average molecular weight is 282 g/mol. The number of likely N-dealkylation sites (tertiary alicyclic amines) is 1. The second-order valence-electron chi connectivity index (χ2n) is 2.37. The molecule has 10 nitrogen and oxygen atoms in total. The molecule has 0 atom stereocenters. The van der Waals surface area contributed by atoms with E-state index >= 15 is 0 Å². The van der Waals surface area contributed by atoms with Crippen molar-refractivity contribution in [2.45, 2.75) is 12.8 Å². The fourth-order valence-electron chi connectivity index (χ4n) is 0.783. The molecule has 0 radical (unpaired) electrons. The predicted molar refractivity (Wildman–Crippen MR) is 47.6 cm³/mol. The van der Waals surface area contributed by atoms with Crippen LogP contribution >= 0.6 is 0 Å². The van der Waals surface area contributed by atoms with Crippen molar-refractivity contribution in [3.63, 3.8) is 0 Å². The van der Waals surface area contributed by atoms with Crippen LogP contribution in [-0.4, -0.2) is 34.6 Å². The summed E-state index contributed by atoms with van der Waals surface area (Å²) in [6.07, 6.45) is 1.81. The van der Waals surface area contributed by atoms with Crippen molar-refractivity contribution >= 4 is 5.91 Å². The van der Waals surface area contributed by atoms with E-state index in [9.17, 15) is 4.79 Å². The van der Waals surface area contributed by atoms with Gasteiger partial charge in [0, 0.05) is 20.0 Å². The monoisotopic (exact) mass is 281 g/mol. The normalized spacial score (nSPS) is 12.3. The minimum atomic E-state index is -1.75. The first kappa shape index (κ1) is 19.9. The van der Waals surface area contributed by atoms with E-state index in [0.717, 1.165) is 19.4 Å². The van der Waals surface area contributed by atoms with E-state index in [2.05, 4.69) is 0 Å². The van der Waals surface area contributed by atoms with Crippen LogP contribution in [0.2, 0.25) is 0 Å². The van der Waals surface area contributed by atoms with Gasteiger partial charge in [0.15, 0.2) is 0 Å². The Morgan fingerprint density at radius 1 is 1.12 bits per heavy atom. The first-order chi connectivity index (χ1) is 6.77. The Hall–Kier alpha value is -1.64. The fourth-order valence-corrected chi connectivity index (χ4v) is 0.783. The van der Waals surface area contributed by atoms with Crippen LogP contribution in [0.3, 0.4) is 0 Å². The molecular weight excluding hydrogens is 273 g/mol. The van der Waals surface area contributed by atoms with E-state index in [4.69, 9.17) is 30.6 Å². The topological polar surface area (TPSA) is 153 Å². The van der Waals surface area contributed by atoms with E-state index in [1.807, 2.05) is 7.05 Å². The largest absolute Gasteiger partial charge is 2.00 e. The van der Waals surface area contributed by atoms with Crippen LogP contribution in [0.25, 0.3) is 0 Å². The SMILES string of the molecule is CN1CCCC1=O.O=[N+]([O-])[O-].O=[N+]([O-])[O-].[Ni+2]. The third kappa shape index (κ3) is 22.8. The number of carbonyl (C=O) groups is 1. The minimum absolute atomic E-state index is 0. The molecule has 0 N–H and O–H groups in total. The smallest absolute Gasteiger partial charge is 0.356 e. The molecule has 1 rings (SSSR count). The maximum Gasteiger partial charge on any atom is 2.00 e. The van der Waals surface area contributed by atoms with Crippen molar-refractivity contribution in [2.24, 2.45) is 0 Å². The quantitative estimate of drug-likeness (QED) is 0.337. The minimum Gasteiger partial charge on any atom is -0.356 e. The maximum atomic E-state index is 10.5. The molecule has 0 aromatic rings. The van der Waals surface area contributed by atoms with Crippen molar-refractivity contribution in [3.05, 3.63) is 30.6 Å². The van der Waals surface area contributed by atoms with Crippen molar-refractivity contribution in [2.75, 3.05) is 13.6 Å². The Bertz CT molecular complexity index is 216. The Kier molecular flexibility index (Phi) is 14.2. The zero-order chi connectivity index (χ0) is 12.4. The van der Waals surface area contributed by atoms with Crippen molar-refractivity contribution in [1.82, 2.24) is 4.90 Å². The second kappa shape index (κ2) is 11.4. The molecule has 0 aromatic carbocycles. The Morgan fingerprint density at radius 2 is 1.44 bits per heavy atom. The number of hydrogen-bond donors (Lipinski definition) is 0. The molecule has 1 fully saturated rings. The van der Waals surface area contributed by atoms with Crippen LogP contribution in [0.15, 0.2) is 0 Å². The molecule has 96 valence electrons. The molecule has 0 spiro atoms. The molecule has 16 heavy (non-hydrogen) atoms. The van der Waals surface area contributed by atoms with E-state index in [0.29, 0.717) is 5.91 Å². The van der Waals surface area contributed by atoms with Gasteiger partial charge in [-0.25, -0.2) is 0 Å². The maximum absolute atomic E-state index is 10.5. The third-order valence-corrected chi connectivity index (χ3v) is 1.31. The Labute approximate surface area is 100.0 Å². The van der Waals surface area contributed by atoms with Gasteiger partial charge in [-0.05, 0) is 6.42 Å². The first-order valence-electron chi connectivity index (χ1n) is 3.64. The van der Waals surface area contributed by atoms with Crippen molar-refractivity contribution < 1.29 is 31.5 Å². The summed E-state index contributed by atoms with van der Waals surface area (Å²) in [5, 5.41) is 29.5. The van der Waals surface area contributed by atoms with Gasteiger partial charge < -0.3 is 35.5 Å². The molecule has 1 saturated heterocycles. The van der Waals surface area contributed by atoms with Gasteiger partial charge in [-0.1, -0.05) is 0 Å². The van der Waals surface area contributed by atoms with Gasteiger partial charge in [-0.15, -0.1) is 0 Å². The molecule has 0 aromatic heterocycles. The molecule has 0 saturated carbocycles. The summed E-state index contributed by atoms with van der Waals surface area (Å²) in [7, 11) is 1.84. The molecule has 1 amide bonds. The van der Waals surface area contributed by atoms with Gasteiger partial charge in [0.1, 0.15) is 0 Å². The molecule has 11 heteroatoms. The molecule has 1 heterocycles. The zero-order valence-corrected chi connectivity index (χ0v) is 9.12. The number of hydrogen-bond acceptors (Lipinski definition) is 7. The van der Waals surface area contributed by atoms with Crippen molar-refractivity contribution in [1.29, 1.82) is 0 Å². The predicted octanol–water partition coefficient (Wildman–Crippen LogP) is -0.242. The summed E-state index contributed by atoms with van der Waals surface area (Å²) in [4.78, 5) is 28.8. The molecule has 0 aliphatic carbocycles. The van der Waals surface area contributed by atoms with E-state index < -0.39 is 10.2 Å². The number of nitrogens with zero attached hydrogens (tertiary/aromatic N) is 3. The third-order valence-electron chi connectivity index (χ3n) is 1.31. The fraction of sp³-hybridized carbons (Fsp3) is 0.800. The van der Waals surface area contributed by atoms with Crippen LogP contribution in [-0.2, 0) is 21.3 Å². The zero-order valence-electron chi connectivity index (χ0n) is 8.14. The van der Waals surface area contributed by atoms with Gasteiger partial charge in [0.05, 0.1) is 10.2 Å². The van der Waals surface area contributed by atoms with Gasteiger partial charge in [0.25, 0.3) is 0 Å². The summed E-state index contributed by atoms with van der Waals surface area (Å²) in [5.41, 5.74) is 0. The van der Waals surface area contributed by atoms with Crippen LogP contribution < -0.4 is 0 Å². The van der Waals surface area contributed by atoms with E-state index in [1.54, 1.807) is 4.90 Å². The summed E-state index contributed by atoms with van der Waals surface area (Å²) in [5.74, 6) is 0.292. The van der Waals surface area contributed by atoms with Crippen LogP contribution in [0.1, 0.15) is 12.8 Å². The van der Waals surface area contributed by atoms with Gasteiger partial charge >= 0.3 is 16.5 Å². The summed E-state index contributed by atoms with van der Waals surface area (Å²) >= 11 is 0. The first-order valence-corrected chi connectivity index (χ1v) is 3.64. The Morgan fingerprint density at radius 3 is 1.50 bits per heavy atom. The molecule has 1 aliphatic rings.